The molecule has 13 aromatic rings. The van der Waals surface area contributed by atoms with Crippen molar-refractivity contribution in [3.8, 4) is 44.5 Å². The van der Waals surface area contributed by atoms with Crippen LogP contribution in [0.3, 0.4) is 0 Å². The predicted octanol–water partition coefficient (Wildman–Crippen LogP) is 24.4. The monoisotopic (exact) mass is 1220 g/mol. The van der Waals surface area contributed by atoms with Gasteiger partial charge >= 0.3 is 0 Å². The number of hydrogen-bond acceptors (Lipinski definition) is 2. The lowest BCUT2D eigenvalue weighted by atomic mass is 9.68. The van der Waals surface area contributed by atoms with Gasteiger partial charge in [-0.15, -0.1) is 0 Å². The van der Waals surface area contributed by atoms with E-state index in [1.54, 1.807) is 0 Å². The summed E-state index contributed by atoms with van der Waals surface area (Å²) in [7, 11) is 0. The molecule has 0 atom stereocenters. The summed E-state index contributed by atoms with van der Waals surface area (Å²) >= 11 is 0. The van der Waals surface area contributed by atoms with E-state index in [4.69, 9.17) is 6.58 Å². The Morgan fingerprint density at radius 3 is 1.07 bits per heavy atom. The van der Waals surface area contributed by atoms with Crippen molar-refractivity contribution in [3.63, 3.8) is 0 Å². The normalized spacial score (nSPS) is 15.8. The van der Waals surface area contributed by atoms with Gasteiger partial charge < -0.3 is 9.80 Å². The summed E-state index contributed by atoms with van der Waals surface area (Å²) in [4.78, 5) is 4.77. The molecule has 5 aliphatic rings. The van der Waals surface area contributed by atoms with Crippen LogP contribution in [0.25, 0.3) is 68.3 Å². The van der Waals surface area contributed by atoms with Crippen molar-refractivity contribution >= 4 is 57.9 Å². The number of rotatable bonds is 10. The highest BCUT2D eigenvalue weighted by Gasteiger charge is 2.52. The lowest BCUT2D eigenvalue weighted by molar-refractivity contribution is 0.642. The zero-order valence-electron chi connectivity index (χ0n) is 53.8. The van der Waals surface area contributed by atoms with Gasteiger partial charge in [-0.1, -0.05) is 293 Å². The molecule has 0 bridgehead atoms. The Morgan fingerprint density at radius 1 is 0.281 bits per heavy atom. The summed E-state index contributed by atoms with van der Waals surface area (Å²) in [5.74, 6) is 0. The zero-order chi connectivity index (χ0) is 64.1. The molecule has 96 heavy (non-hydrogen) atoms. The molecule has 0 aromatic heterocycles. The van der Waals surface area contributed by atoms with Crippen LogP contribution in [0.4, 0.5) is 34.1 Å². The molecular weight excluding hydrogens is 1160 g/mol. The highest BCUT2D eigenvalue weighted by molar-refractivity contribution is 5.98. The lowest BCUT2D eigenvalue weighted by Crippen LogP contribution is -2.28. The smallest absolute Gasteiger partial charge is 0.0726 e. The van der Waals surface area contributed by atoms with Crippen LogP contribution in [0.2, 0.25) is 0 Å². The summed E-state index contributed by atoms with van der Waals surface area (Å²) in [6, 6.07) is 115. The van der Waals surface area contributed by atoms with Crippen molar-refractivity contribution in [3.05, 3.63) is 418 Å². The Balaban J connectivity index is 0.671. The highest BCUT2D eigenvalue weighted by atomic mass is 15.1. The van der Waals surface area contributed by atoms with Gasteiger partial charge in [0.1, 0.15) is 0 Å². The second kappa shape index (κ2) is 22.4. The second-order valence-corrected chi connectivity index (χ2v) is 26.8. The first-order chi connectivity index (χ1) is 47.3. The van der Waals surface area contributed by atoms with Gasteiger partial charge in [-0.25, -0.2) is 0 Å². The molecule has 5 aliphatic carbocycles. The summed E-state index contributed by atoms with van der Waals surface area (Å²) in [5.41, 5.74) is 34.4. The van der Waals surface area contributed by atoms with E-state index in [1.807, 2.05) is 0 Å². The minimum atomic E-state index is -0.517. The van der Waals surface area contributed by atoms with Gasteiger partial charge in [-0.05, 0) is 213 Å². The van der Waals surface area contributed by atoms with Crippen molar-refractivity contribution in [2.45, 2.75) is 36.5 Å². The molecule has 13 aromatic carbocycles. The number of para-hydroxylation sites is 4. The third kappa shape index (κ3) is 8.79. The molecule has 454 valence electrons. The second-order valence-electron chi connectivity index (χ2n) is 26.8. The van der Waals surface area contributed by atoms with Crippen molar-refractivity contribution in [2.24, 2.45) is 0 Å². The van der Waals surface area contributed by atoms with E-state index in [0.717, 1.165) is 57.3 Å². The van der Waals surface area contributed by atoms with Gasteiger partial charge in [0.25, 0.3) is 0 Å². The molecule has 0 saturated heterocycles. The minimum absolute atomic E-state index is 0.227. The van der Waals surface area contributed by atoms with Crippen molar-refractivity contribution in [1.82, 2.24) is 0 Å². The number of benzene rings is 13. The molecule has 0 unspecified atom stereocenters. The molecular formula is C94H68N2. The number of hydrogen-bond donors (Lipinski definition) is 0. The number of fused-ring (bicyclic) bond motifs is 20. The van der Waals surface area contributed by atoms with Crippen LogP contribution in [-0.2, 0) is 16.2 Å². The van der Waals surface area contributed by atoms with E-state index in [9.17, 15) is 0 Å². The molecule has 0 radical (unpaired) electrons. The van der Waals surface area contributed by atoms with E-state index < -0.39 is 10.8 Å². The van der Waals surface area contributed by atoms with Gasteiger partial charge in [0.2, 0.25) is 0 Å². The fraction of sp³-hybridized carbons (Fsp3) is 0.0638. The van der Waals surface area contributed by atoms with E-state index >= 15 is 0 Å². The maximum absolute atomic E-state index is 4.83. The minimum Gasteiger partial charge on any atom is -0.310 e. The quantitative estimate of drug-likeness (QED) is 0.126. The third-order valence-electron chi connectivity index (χ3n) is 21.3. The predicted molar refractivity (Wildman–Crippen MR) is 403 cm³/mol. The van der Waals surface area contributed by atoms with Crippen LogP contribution in [0.5, 0.6) is 0 Å². The Kier molecular flexibility index (Phi) is 13.3. The molecule has 2 heteroatoms. The van der Waals surface area contributed by atoms with Gasteiger partial charge in [0.05, 0.1) is 10.8 Å². The van der Waals surface area contributed by atoms with Gasteiger partial charge in [0, 0.05) is 39.5 Å². The average Bonchev–Trinajstić information content (AvgIpc) is 1.51. The van der Waals surface area contributed by atoms with E-state index in [1.165, 1.54) is 111 Å². The fourth-order valence-corrected chi connectivity index (χ4v) is 17.0. The Bertz CT molecular complexity index is 5260. The molecule has 0 heterocycles. The zero-order valence-corrected chi connectivity index (χ0v) is 53.8. The molecule has 0 aliphatic heterocycles. The Morgan fingerprint density at radius 2 is 0.615 bits per heavy atom. The summed E-state index contributed by atoms with van der Waals surface area (Å²) in [5, 5.41) is 0. The van der Waals surface area contributed by atoms with Crippen molar-refractivity contribution in [1.29, 1.82) is 0 Å². The first kappa shape index (κ1) is 56.9. The fourth-order valence-electron chi connectivity index (χ4n) is 17.0. The molecule has 2 nitrogen and oxygen atoms in total. The van der Waals surface area contributed by atoms with Gasteiger partial charge in [-0.3, -0.25) is 0 Å². The summed E-state index contributed by atoms with van der Waals surface area (Å²) < 4.78 is 0. The molecule has 0 saturated carbocycles. The van der Waals surface area contributed by atoms with Crippen LogP contribution in [-0.4, -0.2) is 0 Å². The number of nitrogens with zero attached hydrogens (tertiary/aromatic N) is 2. The molecule has 0 amide bonds. The standard InChI is InChI=1S/C94H68N2/c1-63-40-41-64(56-57-93(83-36-20-16-32-75(83)76-33-17-21-37-84(76)93)89-61-72(49-54-74(63)89)95(68-24-8-4-9-25-68)69-26-10-5-11-27-69)42-43-65-46-51-79-80-52-47-66(59-88(80)92(2,3)87(79)58-65)44-45-67-48-53-81-82-55-50-73(96(70-28-12-6-13-29-70)71-30-14-7-15-31-71)62-91(82)94(90(81)60-67)85-38-22-18-34-77(85)78-35-19-23-39-86(78)94/h4-56,58-62H,1,57H2,2-3H3/b41-40-,43-42+,45-44+,64-56+. The number of anilines is 6. The third-order valence-corrected chi connectivity index (χ3v) is 21.3. The summed E-state index contributed by atoms with van der Waals surface area (Å²) in [6.45, 7) is 9.62. The van der Waals surface area contributed by atoms with E-state index in [0.29, 0.717) is 0 Å². The maximum atomic E-state index is 4.83. The van der Waals surface area contributed by atoms with Crippen LogP contribution in [0.1, 0.15) is 92.6 Å². The Labute approximate surface area is 563 Å². The highest BCUT2D eigenvalue weighted by Crippen LogP contribution is 2.64. The molecule has 2 spiro atoms. The van der Waals surface area contributed by atoms with E-state index in [-0.39, 0.29) is 5.41 Å². The summed E-state index contributed by atoms with van der Waals surface area (Å²) in [6.07, 6.45) is 17.0. The molecule has 18 rings (SSSR count). The molecule has 0 fully saturated rings. The van der Waals surface area contributed by atoms with Gasteiger partial charge in [0.15, 0.2) is 0 Å². The van der Waals surface area contributed by atoms with Crippen LogP contribution in [0.15, 0.2) is 346 Å². The van der Waals surface area contributed by atoms with Crippen molar-refractivity contribution < 1.29 is 0 Å². The first-order valence-electron chi connectivity index (χ1n) is 33.6. The van der Waals surface area contributed by atoms with Crippen LogP contribution < -0.4 is 9.80 Å². The van der Waals surface area contributed by atoms with Crippen LogP contribution >= 0.6 is 0 Å². The number of allylic oxidation sites excluding steroid dienone is 6. The molecule has 0 N–H and O–H groups in total. The maximum Gasteiger partial charge on any atom is 0.0726 e. The van der Waals surface area contributed by atoms with Crippen molar-refractivity contribution in [2.75, 3.05) is 9.80 Å². The van der Waals surface area contributed by atoms with Gasteiger partial charge in [-0.2, -0.15) is 0 Å². The SMILES string of the molecule is C=C1\C=C/C(/C=C/c2ccc3c(c2)C(C)(C)c2cc(/C=C/c4ccc5c(c4)C4(c6ccccc6-c6ccccc64)c4cc(N(c6ccccc6)c6ccccc6)ccc4-5)ccc2-3)=C\CC2(c3cc(N(c4ccccc4)c4ccccc4)ccc31)c1ccccc1-c1ccccc12. The Hall–Kier alpha value is -11.8. The average molecular weight is 1230 g/mol. The topological polar surface area (TPSA) is 6.48 Å². The first-order valence-corrected chi connectivity index (χ1v) is 33.6. The largest absolute Gasteiger partial charge is 0.310 e. The van der Waals surface area contributed by atoms with E-state index in [2.05, 4.69) is 376 Å². The lowest BCUT2D eigenvalue weighted by Gasteiger charge is -2.35. The van der Waals surface area contributed by atoms with Crippen LogP contribution in [0, 0.1) is 0 Å².